The molecule has 0 aliphatic carbocycles. The number of halogens is 1. The van der Waals surface area contributed by atoms with Crippen LogP contribution in [0.15, 0.2) is 12.4 Å². The number of aryl methyl sites for hydroxylation is 1. The first kappa shape index (κ1) is 6.06. The zero-order valence-corrected chi connectivity index (χ0v) is 6.18. The third-order valence-corrected chi connectivity index (χ3v) is 2.06. The molecule has 1 atom stereocenters. The molecule has 0 amide bonds. The van der Waals surface area contributed by atoms with Crippen molar-refractivity contribution in [2.45, 2.75) is 0 Å². The van der Waals surface area contributed by atoms with Gasteiger partial charge in [0, 0.05) is 27.4 Å². The molecule has 0 aliphatic rings. The molecule has 44 valence electrons. The highest BCUT2D eigenvalue weighted by atomic mass is 35.7. The smallest absolute Gasteiger partial charge is 0.143 e. The summed E-state index contributed by atoms with van der Waals surface area (Å²) in [5, 5.41) is 0. The van der Waals surface area contributed by atoms with Crippen LogP contribution >= 0.6 is 19.2 Å². The van der Waals surface area contributed by atoms with E-state index in [2.05, 4.69) is 4.98 Å². The average molecular weight is 149 g/mol. The van der Waals surface area contributed by atoms with Gasteiger partial charge in [0.15, 0.2) is 0 Å². The predicted octanol–water partition coefficient (Wildman–Crippen LogP) is 0.878. The third kappa shape index (κ3) is 1.01. The average Bonchev–Trinajstić information content (AvgIpc) is 2.14. The van der Waals surface area contributed by atoms with Crippen LogP contribution in [0, 0.1) is 0 Å². The summed E-state index contributed by atoms with van der Waals surface area (Å²) < 4.78 is 1.91. The summed E-state index contributed by atoms with van der Waals surface area (Å²) in [6, 6.07) is 0. The van der Waals surface area contributed by atoms with Crippen LogP contribution in [0.5, 0.6) is 0 Å². The van der Waals surface area contributed by atoms with Crippen molar-refractivity contribution in [1.82, 2.24) is 9.55 Å². The molecule has 0 saturated carbocycles. The van der Waals surface area contributed by atoms with E-state index in [1.54, 1.807) is 6.20 Å². The molecular formula is C4H6ClN2P. The van der Waals surface area contributed by atoms with E-state index in [9.17, 15) is 0 Å². The molecule has 1 heterocycles. The Hall–Kier alpha value is -0.0700. The minimum Gasteiger partial charge on any atom is -0.334 e. The molecule has 0 bridgehead atoms. The molecular weight excluding hydrogens is 142 g/mol. The second kappa shape index (κ2) is 2.47. The molecule has 2 nitrogen and oxygen atoms in total. The molecule has 8 heavy (non-hydrogen) atoms. The van der Waals surface area contributed by atoms with Crippen molar-refractivity contribution < 1.29 is 0 Å². The first-order valence-electron chi connectivity index (χ1n) is 2.18. The van der Waals surface area contributed by atoms with Gasteiger partial charge in [0.1, 0.15) is 5.57 Å². The lowest BCUT2D eigenvalue weighted by atomic mass is 10.9. The van der Waals surface area contributed by atoms with E-state index in [-0.39, 0.29) is 7.93 Å². The van der Waals surface area contributed by atoms with Gasteiger partial charge in [-0.2, -0.15) is 0 Å². The molecule has 0 N–H and O–H groups in total. The van der Waals surface area contributed by atoms with Crippen molar-refractivity contribution in [2.75, 3.05) is 0 Å². The third-order valence-electron chi connectivity index (χ3n) is 0.906. The highest BCUT2D eigenvalue weighted by Crippen LogP contribution is 2.11. The van der Waals surface area contributed by atoms with Gasteiger partial charge < -0.3 is 4.57 Å². The van der Waals surface area contributed by atoms with Crippen molar-refractivity contribution in [2.24, 2.45) is 7.05 Å². The van der Waals surface area contributed by atoms with Crippen LogP contribution in [-0.4, -0.2) is 9.55 Å². The van der Waals surface area contributed by atoms with Crippen LogP contribution in [0.1, 0.15) is 0 Å². The van der Waals surface area contributed by atoms with Gasteiger partial charge in [-0.05, 0) is 0 Å². The molecule has 0 aliphatic heterocycles. The molecule has 0 radical (unpaired) electrons. The first-order valence-corrected chi connectivity index (χ1v) is 4.19. The molecule has 0 fully saturated rings. The van der Waals surface area contributed by atoms with Crippen molar-refractivity contribution >= 4 is 24.7 Å². The van der Waals surface area contributed by atoms with Gasteiger partial charge in [-0.25, -0.2) is 4.98 Å². The lowest BCUT2D eigenvalue weighted by molar-refractivity contribution is 0.953. The van der Waals surface area contributed by atoms with Gasteiger partial charge >= 0.3 is 0 Å². The molecule has 0 saturated heterocycles. The van der Waals surface area contributed by atoms with Gasteiger partial charge in [0.2, 0.25) is 0 Å². The monoisotopic (exact) mass is 148 g/mol. The van der Waals surface area contributed by atoms with Crippen molar-refractivity contribution in [3.63, 3.8) is 0 Å². The molecule has 4 heteroatoms. The van der Waals surface area contributed by atoms with Gasteiger partial charge in [0.05, 0.1) is 0 Å². The predicted molar refractivity (Wildman–Crippen MR) is 37.0 cm³/mol. The lowest BCUT2D eigenvalue weighted by Crippen LogP contribution is -2.06. The number of rotatable bonds is 1. The van der Waals surface area contributed by atoms with E-state index in [1.807, 2.05) is 17.8 Å². The summed E-state index contributed by atoms with van der Waals surface area (Å²) in [7, 11) is 2.21. The van der Waals surface area contributed by atoms with Crippen LogP contribution in [-0.2, 0) is 7.05 Å². The maximum Gasteiger partial charge on any atom is 0.143 e. The maximum absolute atomic E-state index is 5.52. The number of aromatic nitrogens is 2. The van der Waals surface area contributed by atoms with E-state index < -0.39 is 0 Å². The Kier molecular flexibility index (Phi) is 1.87. The second-order valence-electron chi connectivity index (χ2n) is 1.46. The van der Waals surface area contributed by atoms with Crippen LogP contribution in [0.4, 0.5) is 0 Å². The Balaban J connectivity index is 2.92. The molecule has 1 unspecified atom stereocenters. The molecule has 0 spiro atoms. The Bertz CT molecular complexity index is 174. The summed E-state index contributed by atoms with van der Waals surface area (Å²) in [5.41, 5.74) is 0.937. The van der Waals surface area contributed by atoms with Crippen LogP contribution < -0.4 is 5.57 Å². The standard InChI is InChI=1S/C4H6ClN2P/c1-7-3-2-6-4(7)8-5/h2-3,8H,1H3. The second-order valence-corrected chi connectivity index (χ2v) is 2.66. The summed E-state index contributed by atoms with van der Waals surface area (Å²) >= 11 is 5.52. The quantitative estimate of drug-likeness (QED) is 0.541. The lowest BCUT2D eigenvalue weighted by Gasteiger charge is -1.91. The number of nitrogens with zero attached hydrogens (tertiary/aromatic N) is 2. The largest absolute Gasteiger partial charge is 0.334 e. The van der Waals surface area contributed by atoms with Crippen LogP contribution in [0.25, 0.3) is 0 Å². The topological polar surface area (TPSA) is 17.8 Å². The maximum atomic E-state index is 5.52. The summed E-state index contributed by atoms with van der Waals surface area (Å²) in [6.07, 6.45) is 3.62. The Morgan fingerprint density at radius 3 is 2.88 bits per heavy atom. The fraction of sp³-hybridized carbons (Fsp3) is 0.250. The number of imidazole rings is 1. The Morgan fingerprint density at radius 1 is 1.88 bits per heavy atom. The van der Waals surface area contributed by atoms with Crippen molar-refractivity contribution in [3.05, 3.63) is 12.4 Å². The highest BCUT2D eigenvalue weighted by Gasteiger charge is 1.92. The van der Waals surface area contributed by atoms with E-state index in [0.29, 0.717) is 0 Å². The first-order chi connectivity index (χ1) is 3.84. The van der Waals surface area contributed by atoms with Crippen LogP contribution in [0.2, 0.25) is 0 Å². The van der Waals surface area contributed by atoms with Gasteiger partial charge in [-0.1, -0.05) is 11.2 Å². The van der Waals surface area contributed by atoms with E-state index in [4.69, 9.17) is 11.2 Å². The minimum atomic E-state index is 0.277. The van der Waals surface area contributed by atoms with Crippen LogP contribution in [0.3, 0.4) is 0 Å². The molecule has 1 rings (SSSR count). The normalized spacial score (nSPS) is 11.2. The SMILES string of the molecule is Cn1ccnc1PCl. The summed E-state index contributed by atoms with van der Waals surface area (Å²) in [4.78, 5) is 3.98. The molecule has 1 aromatic rings. The van der Waals surface area contributed by atoms with E-state index in [1.165, 1.54) is 0 Å². The molecule has 1 aromatic heterocycles. The van der Waals surface area contributed by atoms with E-state index in [0.717, 1.165) is 5.57 Å². The van der Waals surface area contributed by atoms with E-state index >= 15 is 0 Å². The summed E-state index contributed by atoms with van der Waals surface area (Å²) in [6.45, 7) is 0. The van der Waals surface area contributed by atoms with Crippen molar-refractivity contribution in [3.8, 4) is 0 Å². The zero-order chi connectivity index (χ0) is 5.98. The number of hydrogen-bond acceptors (Lipinski definition) is 1. The molecule has 0 aromatic carbocycles. The fourth-order valence-electron chi connectivity index (χ4n) is 0.457. The Morgan fingerprint density at radius 2 is 2.62 bits per heavy atom. The Labute approximate surface area is 54.4 Å². The fourth-order valence-corrected chi connectivity index (χ4v) is 1.33. The van der Waals surface area contributed by atoms with Gasteiger partial charge in [-0.15, -0.1) is 0 Å². The van der Waals surface area contributed by atoms with Crippen molar-refractivity contribution in [1.29, 1.82) is 0 Å². The zero-order valence-electron chi connectivity index (χ0n) is 4.43. The summed E-state index contributed by atoms with van der Waals surface area (Å²) in [5.74, 6) is 0. The highest BCUT2D eigenvalue weighted by molar-refractivity contribution is 7.74. The number of hydrogen-bond donors (Lipinski definition) is 0. The van der Waals surface area contributed by atoms with Gasteiger partial charge in [0.25, 0.3) is 0 Å². The van der Waals surface area contributed by atoms with Gasteiger partial charge in [-0.3, -0.25) is 0 Å². The minimum absolute atomic E-state index is 0.277.